The van der Waals surface area contributed by atoms with Crippen LogP contribution in [0.4, 0.5) is 4.79 Å². The number of carbonyl (C=O) groups is 3. The molecule has 12 nitrogen and oxygen atoms in total. The molecule has 13 heteroatoms. The van der Waals surface area contributed by atoms with Crippen molar-refractivity contribution >= 4 is 27.9 Å². The standard InChI is InChI=1S/C31H37N5O7S/c1-20(2)16-27(28(37)34-40)36-15-14-31(29(36)38,33-30(39)35-44(41,42)26-8-6-5-7-9-26)24-10-12-25(13-11-24)43-19-23-17-21(3)32-22(4)18-23/h5-13,17-18,20,27,40H,14-16,19H2,1-4H3,(H,34,37)(H2,33,35,39). The fourth-order valence-corrected chi connectivity index (χ4v) is 6.33. The van der Waals surface area contributed by atoms with Crippen LogP contribution in [0.2, 0.25) is 0 Å². The number of benzene rings is 2. The Labute approximate surface area is 256 Å². The molecule has 1 saturated heterocycles. The van der Waals surface area contributed by atoms with Gasteiger partial charge >= 0.3 is 6.03 Å². The molecule has 2 unspecified atom stereocenters. The first-order chi connectivity index (χ1) is 20.8. The summed E-state index contributed by atoms with van der Waals surface area (Å²) in [6.45, 7) is 7.90. The maximum absolute atomic E-state index is 14.1. The van der Waals surface area contributed by atoms with Crippen molar-refractivity contribution in [1.29, 1.82) is 0 Å². The molecular formula is C31H37N5O7S. The highest BCUT2D eigenvalue weighted by Gasteiger charge is 2.52. The SMILES string of the molecule is Cc1cc(COc2ccc(C3(NC(=O)NS(=O)(=O)c4ccccc4)CCN(C(CC(C)C)C(=O)NO)C3=O)cc2)cc(C)n1. The van der Waals surface area contributed by atoms with Gasteiger partial charge in [0, 0.05) is 24.4 Å². The lowest BCUT2D eigenvalue weighted by molar-refractivity contribution is -0.145. The third-order valence-electron chi connectivity index (χ3n) is 7.34. The average molecular weight is 624 g/mol. The zero-order chi connectivity index (χ0) is 32.1. The predicted molar refractivity (Wildman–Crippen MR) is 161 cm³/mol. The van der Waals surface area contributed by atoms with Crippen LogP contribution in [0.15, 0.2) is 71.6 Å². The molecule has 0 bridgehead atoms. The highest BCUT2D eigenvalue weighted by molar-refractivity contribution is 7.90. The summed E-state index contributed by atoms with van der Waals surface area (Å²) in [5, 5.41) is 12.0. The van der Waals surface area contributed by atoms with Gasteiger partial charge in [-0.1, -0.05) is 44.2 Å². The van der Waals surface area contributed by atoms with Gasteiger partial charge in [-0.3, -0.25) is 19.8 Å². The minimum Gasteiger partial charge on any atom is -0.489 e. The van der Waals surface area contributed by atoms with Crippen LogP contribution in [0.5, 0.6) is 5.75 Å². The van der Waals surface area contributed by atoms with Gasteiger partial charge in [0.05, 0.1) is 4.90 Å². The zero-order valence-corrected chi connectivity index (χ0v) is 25.8. The smallest absolute Gasteiger partial charge is 0.329 e. The Balaban J connectivity index is 1.63. The molecule has 0 spiro atoms. The van der Waals surface area contributed by atoms with E-state index in [1.807, 2.05) is 44.5 Å². The summed E-state index contributed by atoms with van der Waals surface area (Å²) in [5.41, 5.74) is 2.97. The number of likely N-dealkylation sites (tertiary alicyclic amines) is 1. The number of ether oxygens (including phenoxy) is 1. The summed E-state index contributed by atoms with van der Waals surface area (Å²) in [7, 11) is -4.25. The molecule has 0 aliphatic carbocycles. The Morgan fingerprint density at radius 2 is 1.68 bits per heavy atom. The highest BCUT2D eigenvalue weighted by Crippen LogP contribution is 2.36. The number of rotatable bonds is 11. The van der Waals surface area contributed by atoms with E-state index in [2.05, 4.69) is 10.3 Å². The fourth-order valence-electron chi connectivity index (χ4n) is 5.40. The van der Waals surface area contributed by atoms with Gasteiger partial charge in [0.25, 0.3) is 21.8 Å². The molecule has 1 aliphatic heterocycles. The van der Waals surface area contributed by atoms with E-state index in [-0.39, 0.29) is 36.8 Å². The summed E-state index contributed by atoms with van der Waals surface area (Å²) >= 11 is 0. The van der Waals surface area contributed by atoms with Crippen molar-refractivity contribution < 1.29 is 32.7 Å². The van der Waals surface area contributed by atoms with E-state index in [0.717, 1.165) is 17.0 Å². The highest BCUT2D eigenvalue weighted by atomic mass is 32.2. The number of nitrogens with one attached hydrogen (secondary N) is 3. The Morgan fingerprint density at radius 3 is 2.27 bits per heavy atom. The van der Waals surface area contributed by atoms with E-state index in [0.29, 0.717) is 11.3 Å². The van der Waals surface area contributed by atoms with Gasteiger partial charge in [-0.2, -0.15) is 0 Å². The minimum absolute atomic E-state index is 0.00298. The van der Waals surface area contributed by atoms with Crippen molar-refractivity contribution in [3.63, 3.8) is 0 Å². The van der Waals surface area contributed by atoms with Gasteiger partial charge in [-0.15, -0.1) is 0 Å². The van der Waals surface area contributed by atoms with Gasteiger partial charge in [0.15, 0.2) is 0 Å². The third-order valence-corrected chi connectivity index (χ3v) is 8.69. The van der Waals surface area contributed by atoms with E-state index in [4.69, 9.17) is 4.74 Å². The first-order valence-electron chi connectivity index (χ1n) is 14.2. The first kappa shape index (κ1) is 32.4. The van der Waals surface area contributed by atoms with Gasteiger partial charge in [-0.05, 0) is 73.7 Å². The van der Waals surface area contributed by atoms with Crippen LogP contribution < -0.4 is 20.3 Å². The number of aryl methyl sites for hydroxylation is 2. The van der Waals surface area contributed by atoms with Crippen molar-refractivity contribution in [3.05, 3.63) is 89.2 Å². The quantitative estimate of drug-likeness (QED) is 0.186. The summed E-state index contributed by atoms with van der Waals surface area (Å²) < 4.78 is 33.7. The molecule has 1 fully saturated rings. The fraction of sp³-hybridized carbons (Fsp3) is 0.355. The molecule has 2 atom stereocenters. The number of pyridine rings is 1. The lowest BCUT2D eigenvalue weighted by Crippen LogP contribution is -2.57. The Kier molecular flexibility index (Phi) is 9.90. The summed E-state index contributed by atoms with van der Waals surface area (Å²) in [6, 6.07) is 15.6. The topological polar surface area (TPSA) is 167 Å². The van der Waals surface area contributed by atoms with Crippen molar-refractivity contribution in [2.75, 3.05) is 6.54 Å². The van der Waals surface area contributed by atoms with E-state index in [9.17, 15) is 28.0 Å². The third kappa shape index (κ3) is 7.34. The van der Waals surface area contributed by atoms with Crippen LogP contribution >= 0.6 is 0 Å². The summed E-state index contributed by atoms with van der Waals surface area (Å²) in [5.74, 6) is -0.872. The van der Waals surface area contributed by atoms with E-state index < -0.39 is 39.4 Å². The number of carbonyl (C=O) groups excluding carboxylic acids is 3. The second kappa shape index (κ2) is 13.4. The Morgan fingerprint density at radius 1 is 1.05 bits per heavy atom. The van der Waals surface area contributed by atoms with Crippen molar-refractivity contribution in [3.8, 4) is 5.75 Å². The number of hydrogen-bond acceptors (Lipinski definition) is 8. The minimum atomic E-state index is -4.25. The second-order valence-corrected chi connectivity index (χ2v) is 12.9. The number of nitrogens with zero attached hydrogens (tertiary/aromatic N) is 2. The van der Waals surface area contributed by atoms with Gasteiger partial charge in [0.2, 0.25) is 0 Å². The number of aromatic nitrogens is 1. The van der Waals surface area contributed by atoms with Crippen molar-refractivity contribution in [2.45, 2.75) is 63.6 Å². The van der Waals surface area contributed by atoms with Crippen LogP contribution in [0.1, 0.15) is 49.2 Å². The van der Waals surface area contributed by atoms with E-state index in [1.54, 1.807) is 35.8 Å². The Hall–Kier alpha value is -4.49. The Bertz CT molecular complexity index is 1590. The van der Waals surface area contributed by atoms with Crippen LogP contribution in [0.3, 0.4) is 0 Å². The maximum Gasteiger partial charge on any atom is 0.329 e. The second-order valence-electron chi connectivity index (χ2n) is 11.2. The molecule has 3 aromatic rings. The van der Waals surface area contributed by atoms with Crippen LogP contribution in [0, 0.1) is 19.8 Å². The van der Waals surface area contributed by atoms with Crippen LogP contribution in [-0.2, 0) is 31.8 Å². The van der Waals surface area contributed by atoms with Gasteiger partial charge < -0.3 is 15.0 Å². The van der Waals surface area contributed by atoms with Gasteiger partial charge in [0.1, 0.15) is 23.9 Å². The molecule has 4 N–H and O–H groups in total. The molecule has 2 aromatic carbocycles. The summed E-state index contributed by atoms with van der Waals surface area (Å²) in [4.78, 5) is 45.5. The molecule has 0 radical (unpaired) electrons. The van der Waals surface area contributed by atoms with Crippen LogP contribution in [-0.4, -0.2) is 53.9 Å². The number of urea groups is 1. The monoisotopic (exact) mass is 623 g/mol. The average Bonchev–Trinajstić information content (AvgIpc) is 3.30. The molecule has 4 amide bonds. The molecule has 2 heterocycles. The van der Waals surface area contributed by atoms with E-state index in [1.165, 1.54) is 29.2 Å². The number of sulfonamides is 1. The van der Waals surface area contributed by atoms with Crippen LogP contribution in [0.25, 0.3) is 0 Å². The predicted octanol–water partition coefficient (Wildman–Crippen LogP) is 3.31. The van der Waals surface area contributed by atoms with E-state index >= 15 is 0 Å². The number of hydroxylamine groups is 1. The largest absolute Gasteiger partial charge is 0.489 e. The molecule has 0 saturated carbocycles. The maximum atomic E-state index is 14.1. The molecule has 1 aromatic heterocycles. The normalized spacial score (nSPS) is 17.3. The van der Waals surface area contributed by atoms with Crippen molar-refractivity contribution in [1.82, 2.24) is 25.4 Å². The van der Waals surface area contributed by atoms with Crippen molar-refractivity contribution in [2.24, 2.45) is 5.92 Å². The zero-order valence-electron chi connectivity index (χ0n) is 25.0. The number of hydrogen-bond donors (Lipinski definition) is 4. The molecular weight excluding hydrogens is 586 g/mol. The van der Waals surface area contributed by atoms with Gasteiger partial charge in [-0.25, -0.2) is 23.4 Å². The summed E-state index contributed by atoms with van der Waals surface area (Å²) in [6.07, 6.45) is 0.289. The lowest BCUT2D eigenvalue weighted by Gasteiger charge is -2.32. The first-order valence-corrected chi connectivity index (χ1v) is 15.7. The molecule has 4 rings (SSSR count). The number of amides is 4. The molecule has 234 valence electrons. The molecule has 44 heavy (non-hydrogen) atoms. The molecule has 1 aliphatic rings. The lowest BCUT2D eigenvalue weighted by atomic mass is 9.88.